The van der Waals surface area contributed by atoms with Crippen LogP contribution in [0.3, 0.4) is 0 Å². The molecular formula is C30H25FN2O5S. The van der Waals surface area contributed by atoms with Crippen molar-refractivity contribution >= 4 is 44.1 Å². The molecule has 1 saturated heterocycles. The number of amides is 1. The van der Waals surface area contributed by atoms with E-state index in [0.717, 1.165) is 29.1 Å². The lowest BCUT2D eigenvalue weighted by atomic mass is 9.94. The molecule has 198 valence electrons. The second-order valence-electron chi connectivity index (χ2n) is 9.65. The number of carbonyl (C=O) groups excluding carboxylic acids is 2. The van der Waals surface area contributed by atoms with E-state index in [0.29, 0.717) is 40.1 Å². The van der Waals surface area contributed by atoms with Crippen molar-refractivity contribution in [3.63, 3.8) is 0 Å². The lowest BCUT2D eigenvalue weighted by Gasteiger charge is -2.23. The number of halogens is 1. The number of ether oxygens (including phenoxy) is 2. The summed E-state index contributed by atoms with van der Waals surface area (Å²) in [6.07, 6.45) is 1.50. The van der Waals surface area contributed by atoms with Crippen molar-refractivity contribution in [1.29, 1.82) is 0 Å². The van der Waals surface area contributed by atoms with Crippen LogP contribution in [-0.4, -0.2) is 34.5 Å². The molecule has 1 aromatic heterocycles. The van der Waals surface area contributed by atoms with Crippen LogP contribution in [0.2, 0.25) is 0 Å². The molecule has 2 atom stereocenters. The van der Waals surface area contributed by atoms with Gasteiger partial charge in [0.05, 0.1) is 28.4 Å². The number of Topliss-reactive ketones (excluding diaryl/α,β-unsaturated/α-hetero) is 1. The number of nitrogens with zero attached hydrogens (tertiary/aromatic N) is 2. The van der Waals surface area contributed by atoms with Gasteiger partial charge in [-0.3, -0.25) is 14.5 Å². The standard InChI is InChI=1S/C30H25FN2O5S/c1-3-11-37-21-6-4-5-17(14-21)26-25(27(34)18-7-10-23-19(13-18)12-16(2)38-23)28(35)29(36)33(26)30-32-22-9-8-20(31)15-24(22)39-30/h4-10,13-16,26,34H,3,11-12H2,1-2H3/b27-25+. The van der Waals surface area contributed by atoms with E-state index in [1.165, 1.54) is 23.1 Å². The Bertz CT molecular complexity index is 1660. The Morgan fingerprint density at radius 3 is 2.85 bits per heavy atom. The van der Waals surface area contributed by atoms with E-state index in [2.05, 4.69) is 4.98 Å². The number of aliphatic hydroxyl groups is 1. The zero-order chi connectivity index (χ0) is 27.3. The third kappa shape index (κ3) is 4.42. The van der Waals surface area contributed by atoms with Gasteiger partial charge < -0.3 is 14.6 Å². The lowest BCUT2D eigenvalue weighted by Crippen LogP contribution is -2.29. The summed E-state index contributed by atoms with van der Waals surface area (Å²) in [5, 5.41) is 11.8. The molecule has 0 bridgehead atoms. The number of benzene rings is 3. The summed E-state index contributed by atoms with van der Waals surface area (Å²) in [5.41, 5.74) is 2.36. The number of rotatable bonds is 6. The smallest absolute Gasteiger partial charge is 0.301 e. The quantitative estimate of drug-likeness (QED) is 0.177. The first-order chi connectivity index (χ1) is 18.8. The first kappa shape index (κ1) is 25.1. The van der Waals surface area contributed by atoms with Gasteiger partial charge in [0.1, 0.15) is 29.2 Å². The predicted molar refractivity (Wildman–Crippen MR) is 147 cm³/mol. The summed E-state index contributed by atoms with van der Waals surface area (Å²) in [5.74, 6) is -1.04. The number of aliphatic hydroxyl groups excluding tert-OH is 1. The first-order valence-corrected chi connectivity index (χ1v) is 13.6. The second-order valence-corrected chi connectivity index (χ2v) is 10.7. The minimum absolute atomic E-state index is 0.0118. The highest BCUT2D eigenvalue weighted by molar-refractivity contribution is 7.22. The van der Waals surface area contributed by atoms with Crippen LogP contribution in [0, 0.1) is 5.82 Å². The Labute approximate surface area is 228 Å². The number of aromatic nitrogens is 1. The number of fused-ring (bicyclic) bond motifs is 2. The van der Waals surface area contributed by atoms with E-state index >= 15 is 0 Å². The van der Waals surface area contributed by atoms with Gasteiger partial charge >= 0.3 is 5.91 Å². The molecule has 0 radical (unpaired) electrons. The van der Waals surface area contributed by atoms with Gasteiger partial charge in [-0.05, 0) is 73.0 Å². The summed E-state index contributed by atoms with van der Waals surface area (Å²) >= 11 is 1.11. The zero-order valence-corrected chi connectivity index (χ0v) is 22.1. The monoisotopic (exact) mass is 544 g/mol. The van der Waals surface area contributed by atoms with Crippen LogP contribution in [0.25, 0.3) is 16.0 Å². The SMILES string of the molecule is CCCOc1cccc(C2/C(=C(\O)c3ccc4c(c3)CC(C)O4)C(=O)C(=O)N2c2nc3ccc(F)cc3s2)c1. The zero-order valence-electron chi connectivity index (χ0n) is 21.3. The molecule has 1 N–H and O–H groups in total. The van der Waals surface area contributed by atoms with Gasteiger partial charge in [0.15, 0.2) is 5.13 Å². The van der Waals surface area contributed by atoms with E-state index in [-0.39, 0.29) is 22.6 Å². The van der Waals surface area contributed by atoms with Crippen LogP contribution in [0.5, 0.6) is 11.5 Å². The number of anilines is 1. The van der Waals surface area contributed by atoms with Gasteiger partial charge in [0, 0.05) is 12.0 Å². The third-order valence-corrected chi connectivity index (χ3v) is 7.82. The largest absolute Gasteiger partial charge is 0.507 e. The van der Waals surface area contributed by atoms with E-state index in [1.54, 1.807) is 42.5 Å². The molecule has 0 spiro atoms. The van der Waals surface area contributed by atoms with Gasteiger partial charge in [-0.1, -0.05) is 30.4 Å². The molecule has 9 heteroatoms. The Hall–Kier alpha value is -4.24. The minimum atomic E-state index is -0.969. The molecule has 0 aliphatic carbocycles. The molecule has 2 aliphatic heterocycles. The maximum Gasteiger partial charge on any atom is 0.301 e. The summed E-state index contributed by atoms with van der Waals surface area (Å²) in [4.78, 5) is 32.9. The normalized spacial score (nSPS) is 19.9. The molecule has 3 heterocycles. The number of thiazole rings is 1. The van der Waals surface area contributed by atoms with Crippen molar-refractivity contribution in [2.24, 2.45) is 0 Å². The van der Waals surface area contributed by atoms with Gasteiger partial charge in [-0.2, -0.15) is 0 Å². The number of carbonyl (C=O) groups is 2. The second kappa shape index (κ2) is 9.81. The van der Waals surface area contributed by atoms with E-state index < -0.39 is 23.5 Å². The molecule has 39 heavy (non-hydrogen) atoms. The fraction of sp³-hybridized carbons (Fsp3) is 0.233. The van der Waals surface area contributed by atoms with Crippen LogP contribution in [-0.2, 0) is 16.0 Å². The molecule has 2 unspecified atom stereocenters. The van der Waals surface area contributed by atoms with Crippen LogP contribution in [0.15, 0.2) is 66.2 Å². The predicted octanol–water partition coefficient (Wildman–Crippen LogP) is 6.17. The Morgan fingerprint density at radius 2 is 2.03 bits per heavy atom. The van der Waals surface area contributed by atoms with Gasteiger partial charge in [0.2, 0.25) is 0 Å². The van der Waals surface area contributed by atoms with Crippen molar-refractivity contribution in [1.82, 2.24) is 4.98 Å². The van der Waals surface area contributed by atoms with Crippen LogP contribution < -0.4 is 14.4 Å². The molecule has 6 rings (SSSR count). The fourth-order valence-electron chi connectivity index (χ4n) is 5.05. The summed E-state index contributed by atoms with van der Waals surface area (Å²) < 4.78 is 26.0. The summed E-state index contributed by atoms with van der Waals surface area (Å²) in [7, 11) is 0. The molecule has 3 aromatic carbocycles. The molecule has 1 amide bonds. The number of hydrogen-bond acceptors (Lipinski definition) is 7. The highest BCUT2D eigenvalue weighted by Crippen LogP contribution is 2.45. The summed E-state index contributed by atoms with van der Waals surface area (Å²) in [6.45, 7) is 4.46. The fourth-order valence-corrected chi connectivity index (χ4v) is 6.07. The van der Waals surface area contributed by atoms with E-state index in [9.17, 15) is 19.1 Å². The third-order valence-electron chi connectivity index (χ3n) is 6.81. The van der Waals surface area contributed by atoms with Crippen molar-refractivity contribution in [2.45, 2.75) is 38.8 Å². The van der Waals surface area contributed by atoms with Gasteiger partial charge in [-0.25, -0.2) is 9.37 Å². The van der Waals surface area contributed by atoms with Gasteiger partial charge in [-0.15, -0.1) is 0 Å². The maximum atomic E-state index is 13.9. The van der Waals surface area contributed by atoms with E-state index in [4.69, 9.17) is 9.47 Å². The average molecular weight is 545 g/mol. The number of ketones is 1. The van der Waals surface area contributed by atoms with Crippen molar-refractivity contribution in [3.05, 3.63) is 88.7 Å². The molecule has 4 aromatic rings. The highest BCUT2D eigenvalue weighted by Gasteiger charge is 2.48. The van der Waals surface area contributed by atoms with E-state index in [1.807, 2.05) is 13.8 Å². The van der Waals surface area contributed by atoms with Gasteiger partial charge in [0.25, 0.3) is 5.78 Å². The summed E-state index contributed by atoms with van der Waals surface area (Å²) in [6, 6.07) is 15.6. The Kier molecular flexibility index (Phi) is 6.31. The molecule has 7 nitrogen and oxygen atoms in total. The van der Waals surface area contributed by atoms with Crippen molar-refractivity contribution < 1.29 is 28.6 Å². The highest BCUT2D eigenvalue weighted by atomic mass is 32.1. The molecular weight excluding hydrogens is 519 g/mol. The van der Waals surface area contributed by atoms with Crippen LogP contribution in [0.4, 0.5) is 9.52 Å². The average Bonchev–Trinajstić information content (AvgIpc) is 3.59. The van der Waals surface area contributed by atoms with Crippen molar-refractivity contribution in [2.75, 3.05) is 11.5 Å². The van der Waals surface area contributed by atoms with Crippen molar-refractivity contribution in [3.8, 4) is 11.5 Å². The Morgan fingerprint density at radius 1 is 1.18 bits per heavy atom. The first-order valence-electron chi connectivity index (χ1n) is 12.7. The topological polar surface area (TPSA) is 89.0 Å². The Balaban J connectivity index is 1.52. The van der Waals surface area contributed by atoms with Crippen LogP contribution in [0.1, 0.15) is 43.0 Å². The maximum absolute atomic E-state index is 13.9. The van der Waals surface area contributed by atoms with Crippen LogP contribution >= 0.6 is 11.3 Å². The number of hydrogen-bond donors (Lipinski definition) is 1. The lowest BCUT2D eigenvalue weighted by molar-refractivity contribution is -0.132. The molecule has 1 fully saturated rings. The molecule has 2 aliphatic rings. The minimum Gasteiger partial charge on any atom is -0.507 e. The molecule has 0 saturated carbocycles.